The number of carbonyl (C=O) groups is 1. The molecule has 0 saturated heterocycles. The molecule has 0 heterocycles. The van der Waals surface area contributed by atoms with Crippen molar-refractivity contribution in [1.82, 2.24) is 0 Å². The standard InChI is InChI=1S/C11H14O2/c1-9(13)2-3-10-4-6-11(8-12)7-5-10/h4-6,8,12H,2-3,7H2,1H3. The summed E-state index contributed by atoms with van der Waals surface area (Å²) in [6.45, 7) is 1.60. The van der Waals surface area contributed by atoms with Gasteiger partial charge in [-0.3, -0.25) is 0 Å². The molecular formula is C11H14O2. The van der Waals surface area contributed by atoms with Crippen molar-refractivity contribution in [2.24, 2.45) is 0 Å². The van der Waals surface area contributed by atoms with Gasteiger partial charge in [0.05, 0.1) is 6.26 Å². The Morgan fingerprint density at radius 1 is 1.62 bits per heavy atom. The Bertz CT molecular complexity index is 282. The van der Waals surface area contributed by atoms with Gasteiger partial charge in [-0.05, 0) is 25.3 Å². The summed E-state index contributed by atoms with van der Waals surface area (Å²) in [7, 11) is 0. The third kappa shape index (κ3) is 3.28. The van der Waals surface area contributed by atoms with E-state index in [4.69, 9.17) is 5.11 Å². The number of Topliss-reactive ketones (excluding diaryl/α,β-unsaturated/α-hetero) is 1. The minimum atomic E-state index is 0.220. The van der Waals surface area contributed by atoms with Crippen LogP contribution in [0.3, 0.4) is 0 Å². The van der Waals surface area contributed by atoms with Crippen molar-refractivity contribution in [3.05, 3.63) is 35.6 Å². The molecule has 0 fully saturated rings. The minimum Gasteiger partial charge on any atom is -0.515 e. The van der Waals surface area contributed by atoms with Crippen LogP contribution in [0.4, 0.5) is 0 Å². The number of ketones is 1. The number of aliphatic hydroxyl groups is 1. The van der Waals surface area contributed by atoms with Crippen LogP contribution >= 0.6 is 0 Å². The summed E-state index contributed by atoms with van der Waals surface area (Å²) in [5.41, 5.74) is 2.09. The van der Waals surface area contributed by atoms with Crippen LogP contribution < -0.4 is 0 Å². The Balaban J connectivity index is 2.43. The molecule has 1 N–H and O–H groups in total. The Morgan fingerprint density at radius 3 is 2.85 bits per heavy atom. The highest BCUT2D eigenvalue weighted by Gasteiger charge is 2.02. The third-order valence-corrected chi connectivity index (χ3v) is 2.04. The highest BCUT2D eigenvalue weighted by Crippen LogP contribution is 2.18. The molecule has 1 rings (SSSR count). The van der Waals surface area contributed by atoms with E-state index in [0.717, 1.165) is 24.7 Å². The average Bonchev–Trinajstić information content (AvgIpc) is 2.15. The van der Waals surface area contributed by atoms with Gasteiger partial charge in [0.1, 0.15) is 5.78 Å². The van der Waals surface area contributed by atoms with E-state index in [9.17, 15) is 4.79 Å². The van der Waals surface area contributed by atoms with Crippen molar-refractivity contribution in [2.75, 3.05) is 0 Å². The van der Waals surface area contributed by atoms with Crippen molar-refractivity contribution in [3.63, 3.8) is 0 Å². The predicted molar refractivity (Wildman–Crippen MR) is 52.5 cm³/mol. The normalized spacial score (nSPS) is 18.8. The Morgan fingerprint density at radius 2 is 2.38 bits per heavy atom. The molecule has 0 saturated carbocycles. The maximum absolute atomic E-state index is 10.7. The lowest BCUT2D eigenvalue weighted by Gasteiger charge is -2.07. The predicted octanol–water partition coefficient (Wildman–Crippen LogP) is 2.68. The molecule has 0 aliphatic heterocycles. The summed E-state index contributed by atoms with van der Waals surface area (Å²) in [4.78, 5) is 10.7. The molecule has 2 nitrogen and oxygen atoms in total. The summed E-state index contributed by atoms with van der Waals surface area (Å²) in [5.74, 6) is 0.220. The van der Waals surface area contributed by atoms with Gasteiger partial charge in [-0.1, -0.05) is 23.8 Å². The topological polar surface area (TPSA) is 37.3 Å². The second-order valence-corrected chi connectivity index (χ2v) is 3.22. The first-order chi connectivity index (χ1) is 6.22. The molecule has 70 valence electrons. The highest BCUT2D eigenvalue weighted by atomic mass is 16.2. The van der Waals surface area contributed by atoms with Gasteiger partial charge < -0.3 is 9.90 Å². The fourth-order valence-electron chi connectivity index (χ4n) is 1.20. The smallest absolute Gasteiger partial charge is 0.130 e. The molecule has 1 aliphatic rings. The van der Waals surface area contributed by atoms with Gasteiger partial charge in [0.15, 0.2) is 0 Å². The van der Waals surface area contributed by atoms with E-state index in [-0.39, 0.29) is 5.78 Å². The highest BCUT2D eigenvalue weighted by molar-refractivity contribution is 5.75. The van der Waals surface area contributed by atoms with Gasteiger partial charge in [0, 0.05) is 6.42 Å². The zero-order valence-electron chi connectivity index (χ0n) is 7.79. The van der Waals surface area contributed by atoms with Crippen LogP contribution in [0.2, 0.25) is 0 Å². The largest absolute Gasteiger partial charge is 0.515 e. The number of allylic oxidation sites excluding steroid dienone is 5. The second kappa shape index (κ2) is 4.65. The van der Waals surface area contributed by atoms with Crippen LogP contribution in [0, 0.1) is 0 Å². The zero-order chi connectivity index (χ0) is 9.68. The van der Waals surface area contributed by atoms with Gasteiger partial charge in [-0.25, -0.2) is 0 Å². The third-order valence-electron chi connectivity index (χ3n) is 2.04. The van der Waals surface area contributed by atoms with Gasteiger partial charge in [-0.15, -0.1) is 0 Å². The SMILES string of the molecule is CC(=O)CCC1=CCC(=CO)C=C1. The molecule has 2 heteroatoms. The minimum absolute atomic E-state index is 0.220. The van der Waals surface area contributed by atoms with E-state index in [1.165, 1.54) is 5.57 Å². The summed E-state index contributed by atoms with van der Waals surface area (Å²) in [6, 6.07) is 0. The van der Waals surface area contributed by atoms with Gasteiger partial charge in [0.25, 0.3) is 0 Å². The fourth-order valence-corrected chi connectivity index (χ4v) is 1.20. The van der Waals surface area contributed by atoms with Crippen LogP contribution in [-0.4, -0.2) is 10.9 Å². The van der Waals surface area contributed by atoms with E-state index < -0.39 is 0 Å². The molecule has 0 aromatic carbocycles. The summed E-state index contributed by atoms with van der Waals surface area (Å²) >= 11 is 0. The van der Waals surface area contributed by atoms with E-state index in [1.54, 1.807) is 6.92 Å². The molecule has 0 bridgehead atoms. The Kier molecular flexibility index (Phi) is 3.50. The van der Waals surface area contributed by atoms with Crippen LogP contribution in [0.5, 0.6) is 0 Å². The van der Waals surface area contributed by atoms with Crippen LogP contribution in [0.1, 0.15) is 26.2 Å². The van der Waals surface area contributed by atoms with Crippen molar-refractivity contribution >= 4 is 5.78 Å². The lowest BCUT2D eigenvalue weighted by molar-refractivity contribution is -0.116. The molecule has 0 aromatic rings. The van der Waals surface area contributed by atoms with E-state index in [2.05, 4.69) is 0 Å². The number of rotatable bonds is 3. The summed E-state index contributed by atoms with van der Waals surface area (Å²) in [5, 5.41) is 8.70. The molecule has 0 aromatic heterocycles. The van der Waals surface area contributed by atoms with E-state index in [0.29, 0.717) is 6.42 Å². The molecular weight excluding hydrogens is 164 g/mol. The first-order valence-electron chi connectivity index (χ1n) is 4.42. The van der Waals surface area contributed by atoms with Gasteiger partial charge >= 0.3 is 0 Å². The Labute approximate surface area is 78.3 Å². The molecule has 13 heavy (non-hydrogen) atoms. The molecule has 0 spiro atoms. The first kappa shape index (κ1) is 9.78. The van der Waals surface area contributed by atoms with Crippen LogP contribution in [-0.2, 0) is 4.79 Å². The number of carbonyl (C=O) groups excluding carboxylic acids is 1. The average molecular weight is 178 g/mol. The number of hydrogen-bond acceptors (Lipinski definition) is 2. The Hall–Kier alpha value is -1.31. The maximum atomic E-state index is 10.7. The van der Waals surface area contributed by atoms with Crippen LogP contribution in [0.15, 0.2) is 35.6 Å². The molecule has 0 radical (unpaired) electrons. The van der Waals surface area contributed by atoms with Crippen molar-refractivity contribution in [3.8, 4) is 0 Å². The maximum Gasteiger partial charge on any atom is 0.130 e. The van der Waals surface area contributed by atoms with E-state index in [1.807, 2.05) is 18.2 Å². The quantitative estimate of drug-likeness (QED) is 0.674. The zero-order valence-corrected chi connectivity index (χ0v) is 7.79. The monoisotopic (exact) mass is 178 g/mol. The van der Waals surface area contributed by atoms with Crippen LogP contribution in [0.25, 0.3) is 0 Å². The molecule has 0 atom stereocenters. The lowest BCUT2D eigenvalue weighted by atomic mass is 9.99. The summed E-state index contributed by atoms with van der Waals surface area (Å²) < 4.78 is 0. The second-order valence-electron chi connectivity index (χ2n) is 3.22. The van der Waals surface area contributed by atoms with Crippen molar-refractivity contribution in [2.45, 2.75) is 26.2 Å². The lowest BCUT2D eigenvalue weighted by Crippen LogP contribution is -1.93. The van der Waals surface area contributed by atoms with Crippen molar-refractivity contribution < 1.29 is 9.90 Å². The van der Waals surface area contributed by atoms with Crippen molar-refractivity contribution in [1.29, 1.82) is 0 Å². The summed E-state index contributed by atoms with van der Waals surface area (Å²) in [6.07, 6.45) is 9.18. The first-order valence-corrected chi connectivity index (χ1v) is 4.42. The number of aliphatic hydroxyl groups excluding tert-OH is 1. The van der Waals surface area contributed by atoms with Gasteiger partial charge in [0.2, 0.25) is 0 Å². The molecule has 1 aliphatic carbocycles. The number of hydrogen-bond donors (Lipinski definition) is 1. The molecule has 0 unspecified atom stereocenters. The van der Waals surface area contributed by atoms with E-state index >= 15 is 0 Å². The van der Waals surface area contributed by atoms with Gasteiger partial charge in [-0.2, -0.15) is 0 Å². The molecule has 0 amide bonds. The fraction of sp³-hybridized carbons (Fsp3) is 0.364.